The Hall–Kier alpha value is -1.78. The zero-order chi connectivity index (χ0) is 10.6. The molecule has 0 radical (unpaired) electrons. The number of nitrogens with one attached hydrogen (secondary N) is 1. The number of rotatable bonds is 3. The fraction of sp³-hybridized carbons (Fsp3) is 0.333. The van der Waals surface area contributed by atoms with Crippen LogP contribution >= 0.6 is 0 Å². The summed E-state index contributed by atoms with van der Waals surface area (Å²) in [5.74, 6) is 0.481. The number of nitrogens with zero attached hydrogens (tertiary/aromatic N) is 2. The van der Waals surface area contributed by atoms with Gasteiger partial charge in [-0.05, 0) is 13.8 Å². The molecule has 2 N–H and O–H groups in total. The Morgan fingerprint density at radius 1 is 1.71 bits per heavy atom. The van der Waals surface area contributed by atoms with Crippen molar-refractivity contribution in [3.63, 3.8) is 0 Å². The van der Waals surface area contributed by atoms with Gasteiger partial charge in [0.1, 0.15) is 5.82 Å². The topological polar surface area (TPSA) is 69.2 Å². The van der Waals surface area contributed by atoms with Crippen LogP contribution in [0.4, 0.5) is 10.6 Å². The number of hydrogen-bond acceptors (Lipinski definition) is 2. The van der Waals surface area contributed by atoms with Crippen LogP contribution in [-0.4, -0.2) is 27.7 Å². The fourth-order valence-corrected chi connectivity index (χ4v) is 0.949. The zero-order valence-corrected chi connectivity index (χ0v) is 8.19. The van der Waals surface area contributed by atoms with Gasteiger partial charge in [0, 0.05) is 6.54 Å². The molecule has 0 saturated heterocycles. The summed E-state index contributed by atoms with van der Waals surface area (Å²) in [6, 6.07) is 0. The highest BCUT2D eigenvalue weighted by Crippen LogP contribution is 2.08. The van der Waals surface area contributed by atoms with Crippen LogP contribution < -0.4 is 4.90 Å². The van der Waals surface area contributed by atoms with Crippen molar-refractivity contribution >= 4 is 11.9 Å². The molecule has 0 fully saturated rings. The van der Waals surface area contributed by atoms with Crippen molar-refractivity contribution in [2.45, 2.75) is 13.8 Å². The molecule has 1 rings (SSSR count). The summed E-state index contributed by atoms with van der Waals surface area (Å²) in [5, 5.41) is 8.91. The number of anilines is 1. The first-order valence-corrected chi connectivity index (χ1v) is 4.23. The fourth-order valence-electron chi connectivity index (χ4n) is 0.949. The minimum atomic E-state index is -0.994. The van der Waals surface area contributed by atoms with Gasteiger partial charge in [0.05, 0.1) is 12.5 Å². The summed E-state index contributed by atoms with van der Waals surface area (Å²) in [5.41, 5.74) is 1.08. The van der Waals surface area contributed by atoms with Crippen molar-refractivity contribution in [3.8, 4) is 0 Å². The molecule has 0 atom stereocenters. The maximum Gasteiger partial charge on any atom is 0.413 e. The largest absolute Gasteiger partial charge is 0.465 e. The summed E-state index contributed by atoms with van der Waals surface area (Å²) in [6.07, 6.45) is 3.78. The van der Waals surface area contributed by atoms with E-state index in [1.807, 2.05) is 19.9 Å². The second kappa shape index (κ2) is 4.45. The molecular formula is C9H13N3O2. The highest BCUT2D eigenvalue weighted by atomic mass is 16.4. The van der Waals surface area contributed by atoms with Crippen LogP contribution in [0.1, 0.15) is 13.8 Å². The molecule has 5 nitrogen and oxygen atoms in total. The van der Waals surface area contributed by atoms with Gasteiger partial charge < -0.3 is 10.1 Å². The molecule has 0 aliphatic carbocycles. The monoisotopic (exact) mass is 195 g/mol. The Morgan fingerprint density at radius 2 is 2.43 bits per heavy atom. The number of amides is 1. The van der Waals surface area contributed by atoms with Gasteiger partial charge in [0.25, 0.3) is 0 Å². The highest BCUT2D eigenvalue weighted by Gasteiger charge is 2.13. The molecule has 0 saturated carbocycles. The van der Waals surface area contributed by atoms with Crippen LogP contribution in [0.2, 0.25) is 0 Å². The van der Waals surface area contributed by atoms with Gasteiger partial charge in [-0.15, -0.1) is 0 Å². The summed E-state index contributed by atoms with van der Waals surface area (Å²) in [6.45, 7) is 4.18. The Bertz CT molecular complexity index is 326. The average Bonchev–Trinajstić information content (AvgIpc) is 2.56. The molecule has 0 aromatic carbocycles. The number of carbonyl (C=O) groups is 1. The third-order valence-electron chi connectivity index (χ3n) is 1.69. The first-order chi connectivity index (χ1) is 6.61. The van der Waals surface area contributed by atoms with Gasteiger partial charge in [0.2, 0.25) is 0 Å². The maximum atomic E-state index is 10.9. The number of hydrogen-bond donors (Lipinski definition) is 2. The predicted molar refractivity (Wildman–Crippen MR) is 53.4 cm³/mol. The summed E-state index contributed by atoms with van der Waals surface area (Å²) in [7, 11) is 0. The zero-order valence-electron chi connectivity index (χ0n) is 8.19. The van der Waals surface area contributed by atoms with Crippen LogP contribution in [0, 0.1) is 0 Å². The van der Waals surface area contributed by atoms with Crippen molar-refractivity contribution in [1.82, 2.24) is 9.97 Å². The Balaban J connectivity index is 2.76. The van der Waals surface area contributed by atoms with Crippen molar-refractivity contribution < 1.29 is 9.90 Å². The number of H-pyrrole nitrogens is 1. The lowest BCUT2D eigenvalue weighted by molar-refractivity contribution is 0.202. The van der Waals surface area contributed by atoms with Crippen LogP contribution in [0.25, 0.3) is 0 Å². The van der Waals surface area contributed by atoms with E-state index in [-0.39, 0.29) is 0 Å². The minimum Gasteiger partial charge on any atom is -0.465 e. The van der Waals surface area contributed by atoms with E-state index in [0.717, 1.165) is 5.57 Å². The summed E-state index contributed by atoms with van der Waals surface area (Å²) < 4.78 is 0. The molecule has 1 heterocycles. The lowest BCUT2D eigenvalue weighted by Crippen LogP contribution is -2.29. The molecule has 0 aliphatic heterocycles. The number of imidazole rings is 1. The molecule has 0 bridgehead atoms. The molecule has 0 aliphatic rings. The van der Waals surface area contributed by atoms with E-state index < -0.39 is 6.09 Å². The van der Waals surface area contributed by atoms with Crippen molar-refractivity contribution in [1.29, 1.82) is 0 Å². The van der Waals surface area contributed by atoms with Gasteiger partial charge in [0.15, 0.2) is 0 Å². The second-order valence-electron chi connectivity index (χ2n) is 3.11. The number of aromatic nitrogens is 2. The first kappa shape index (κ1) is 10.3. The molecule has 76 valence electrons. The highest BCUT2D eigenvalue weighted by molar-refractivity contribution is 5.84. The molecule has 1 amide bonds. The SMILES string of the molecule is CC(C)=CCN(C(=O)O)c1cnc[nH]1. The third kappa shape index (κ3) is 2.62. The lowest BCUT2D eigenvalue weighted by Gasteiger charge is -2.14. The van der Waals surface area contributed by atoms with Crippen LogP contribution in [0.5, 0.6) is 0 Å². The van der Waals surface area contributed by atoms with E-state index in [0.29, 0.717) is 12.4 Å². The van der Waals surface area contributed by atoms with E-state index in [4.69, 9.17) is 5.11 Å². The van der Waals surface area contributed by atoms with Crippen molar-refractivity contribution in [2.24, 2.45) is 0 Å². The summed E-state index contributed by atoms with van der Waals surface area (Å²) >= 11 is 0. The average molecular weight is 195 g/mol. The van der Waals surface area contributed by atoms with Crippen LogP contribution in [0.15, 0.2) is 24.2 Å². The van der Waals surface area contributed by atoms with Gasteiger partial charge >= 0.3 is 6.09 Å². The van der Waals surface area contributed by atoms with Gasteiger partial charge in [-0.3, -0.25) is 4.90 Å². The van der Waals surface area contributed by atoms with E-state index in [1.165, 1.54) is 17.4 Å². The van der Waals surface area contributed by atoms with Crippen molar-refractivity contribution in [2.75, 3.05) is 11.4 Å². The standard InChI is InChI=1S/C9H13N3O2/c1-7(2)3-4-12(9(13)14)8-5-10-6-11-8/h3,5-6H,4H2,1-2H3,(H,10,11)(H,13,14). The maximum absolute atomic E-state index is 10.9. The Kier molecular flexibility index (Phi) is 3.28. The van der Waals surface area contributed by atoms with Gasteiger partial charge in [-0.2, -0.15) is 0 Å². The lowest BCUT2D eigenvalue weighted by atomic mass is 10.3. The quantitative estimate of drug-likeness (QED) is 0.723. The molecular weight excluding hydrogens is 182 g/mol. The second-order valence-corrected chi connectivity index (χ2v) is 3.11. The number of aromatic amines is 1. The van der Waals surface area contributed by atoms with Crippen molar-refractivity contribution in [3.05, 3.63) is 24.2 Å². The molecule has 1 aromatic rings. The summed E-state index contributed by atoms with van der Waals surface area (Å²) in [4.78, 5) is 18.6. The minimum absolute atomic E-state index is 0.333. The molecule has 1 aromatic heterocycles. The van der Waals surface area contributed by atoms with E-state index in [9.17, 15) is 4.79 Å². The smallest absolute Gasteiger partial charge is 0.413 e. The molecule has 14 heavy (non-hydrogen) atoms. The van der Waals surface area contributed by atoms with E-state index >= 15 is 0 Å². The molecule has 0 spiro atoms. The Morgan fingerprint density at radius 3 is 2.86 bits per heavy atom. The molecule has 5 heteroatoms. The number of carboxylic acid groups (broad SMARTS) is 1. The first-order valence-electron chi connectivity index (χ1n) is 4.23. The van der Waals surface area contributed by atoms with Gasteiger partial charge in [-0.1, -0.05) is 11.6 Å². The van der Waals surface area contributed by atoms with Crippen LogP contribution in [0.3, 0.4) is 0 Å². The van der Waals surface area contributed by atoms with Crippen LogP contribution in [-0.2, 0) is 0 Å². The Labute approximate surface area is 82.1 Å². The van der Waals surface area contributed by atoms with E-state index in [2.05, 4.69) is 9.97 Å². The number of allylic oxidation sites excluding steroid dienone is 1. The molecule has 0 unspecified atom stereocenters. The predicted octanol–water partition coefficient (Wildman–Crippen LogP) is 1.86. The van der Waals surface area contributed by atoms with Gasteiger partial charge in [-0.25, -0.2) is 9.78 Å². The normalized spacial score (nSPS) is 9.57. The van der Waals surface area contributed by atoms with E-state index in [1.54, 1.807) is 0 Å². The third-order valence-corrected chi connectivity index (χ3v) is 1.69.